The normalized spacial score (nSPS) is 13.8. The molecule has 0 aliphatic carbocycles. The molecule has 1 heterocycles. The van der Waals surface area contributed by atoms with E-state index in [9.17, 15) is 72.2 Å². The van der Waals surface area contributed by atoms with Crippen molar-refractivity contribution in [3.8, 4) is 0 Å². The molecular weight excluding hydrogens is 1360 g/mol. The van der Waals surface area contributed by atoms with Crippen LogP contribution in [0.5, 0.6) is 0 Å². The van der Waals surface area contributed by atoms with Crippen LogP contribution in [0.2, 0.25) is 0 Å². The van der Waals surface area contributed by atoms with Gasteiger partial charge in [-0.05, 0) is 75.0 Å². The number of ketones is 9. The van der Waals surface area contributed by atoms with E-state index in [-0.39, 0.29) is 152 Å². The molecule has 4 rings (SSSR count). The van der Waals surface area contributed by atoms with Gasteiger partial charge in [0.25, 0.3) is 0 Å². The Morgan fingerprint density at radius 2 is 1.10 bits per heavy atom. The van der Waals surface area contributed by atoms with E-state index in [2.05, 4.69) is 15.0 Å². The highest BCUT2D eigenvalue weighted by atomic mass is 16.5. The number of primary amides is 1. The van der Waals surface area contributed by atoms with Crippen molar-refractivity contribution in [3.63, 3.8) is 0 Å². The SMILES string of the molecule is CCOC(=O)C(C)CC(=O)CCC(=O)C(CC(=O)C(CC(=O)C(CCCN=C(N)N)CC(=O)C(CC(=O)C(CCC(N)=O)CC(=O)C(C)CC(=O)C(CO)CC(=O)CN(C(=O)CN(Cc1ccccc1)C(=O)CN(CCOC)C(C)=O)C(C)c1ccccc1)CC(C)C)Cc1cnc[nH]1)Cc1ccccc1. The number of aromatic nitrogens is 2. The lowest BCUT2D eigenvalue weighted by molar-refractivity contribution is -0.149. The summed E-state index contributed by atoms with van der Waals surface area (Å²) in [6, 6.07) is 26.0. The van der Waals surface area contributed by atoms with Crippen molar-refractivity contribution >= 4 is 87.6 Å². The van der Waals surface area contributed by atoms with Crippen LogP contribution in [0.15, 0.2) is 109 Å². The minimum atomic E-state index is -1.32. The van der Waals surface area contributed by atoms with Crippen LogP contribution >= 0.6 is 0 Å². The number of ether oxygens (including phenoxy) is 2. The zero-order chi connectivity index (χ0) is 78.4. The van der Waals surface area contributed by atoms with Crippen molar-refractivity contribution < 1.29 is 81.7 Å². The maximum atomic E-state index is 14.9. The van der Waals surface area contributed by atoms with E-state index < -0.39 is 163 Å². The second kappa shape index (κ2) is 47.1. The van der Waals surface area contributed by atoms with Gasteiger partial charge in [-0.3, -0.25) is 72.1 Å². The average Bonchev–Trinajstić information content (AvgIpc) is 0.938. The fraction of sp³-hybridized carbons (Fsp3) is 0.550. The first-order valence-corrected chi connectivity index (χ1v) is 36.7. The van der Waals surface area contributed by atoms with Crippen LogP contribution in [0.25, 0.3) is 0 Å². The number of methoxy groups -OCH3 is 1. The van der Waals surface area contributed by atoms with Crippen molar-refractivity contribution in [2.24, 2.45) is 75.5 Å². The molecule has 1 aromatic heterocycles. The smallest absolute Gasteiger partial charge is 0.309 e. The fourth-order valence-corrected chi connectivity index (χ4v) is 12.9. The quantitative estimate of drug-likeness (QED) is 0.0126. The number of Topliss-reactive ketones (excluding diaryl/α,β-unsaturated/α-hetero) is 9. The summed E-state index contributed by atoms with van der Waals surface area (Å²) < 4.78 is 10.2. The van der Waals surface area contributed by atoms with Crippen molar-refractivity contribution in [2.45, 2.75) is 170 Å². The van der Waals surface area contributed by atoms with Crippen molar-refractivity contribution in [1.29, 1.82) is 0 Å². The van der Waals surface area contributed by atoms with Crippen LogP contribution in [0.3, 0.4) is 0 Å². The van der Waals surface area contributed by atoms with E-state index in [1.807, 2.05) is 32.0 Å². The fourth-order valence-electron chi connectivity index (χ4n) is 12.9. The highest BCUT2D eigenvalue weighted by molar-refractivity contribution is 5.98. The summed E-state index contributed by atoms with van der Waals surface area (Å²) in [6.45, 7) is 9.70. The maximum absolute atomic E-state index is 14.9. The molecule has 106 heavy (non-hydrogen) atoms. The minimum Gasteiger partial charge on any atom is -0.466 e. The highest BCUT2D eigenvalue weighted by Crippen LogP contribution is 2.31. The number of nitrogens with zero attached hydrogens (tertiary/aromatic N) is 5. The molecule has 26 heteroatoms. The first-order valence-electron chi connectivity index (χ1n) is 36.7. The van der Waals surface area contributed by atoms with Gasteiger partial charge in [0.1, 0.15) is 52.8 Å². The van der Waals surface area contributed by atoms with E-state index in [0.29, 0.717) is 16.8 Å². The molecule has 0 aliphatic heterocycles. The Labute approximate surface area is 622 Å². The average molecular weight is 1470 g/mol. The molecular formula is C80H111N9O17. The number of H-pyrrole nitrogens is 1. The van der Waals surface area contributed by atoms with Gasteiger partial charge < -0.3 is 51.5 Å². The summed E-state index contributed by atoms with van der Waals surface area (Å²) in [5, 5.41) is 10.7. The van der Waals surface area contributed by atoms with E-state index in [1.54, 1.807) is 93.6 Å². The van der Waals surface area contributed by atoms with Gasteiger partial charge >= 0.3 is 5.97 Å². The number of aliphatic hydroxyl groups excluding tert-OH is 1. The summed E-state index contributed by atoms with van der Waals surface area (Å²) in [5.74, 6) is -15.8. The molecule has 9 unspecified atom stereocenters. The number of hydrogen-bond acceptors (Lipinski definition) is 19. The summed E-state index contributed by atoms with van der Waals surface area (Å²) in [5.41, 5.74) is 19.5. The number of guanidine groups is 1. The second-order valence-electron chi connectivity index (χ2n) is 28.2. The predicted octanol–water partition coefficient (Wildman–Crippen LogP) is 7.22. The molecule has 3 aromatic carbocycles. The molecule has 0 aliphatic rings. The van der Waals surface area contributed by atoms with E-state index >= 15 is 0 Å². The van der Waals surface area contributed by atoms with Crippen LogP contribution in [0.4, 0.5) is 0 Å². The zero-order valence-electron chi connectivity index (χ0n) is 62.9. The molecule has 0 spiro atoms. The molecule has 0 radical (unpaired) electrons. The Kier molecular flexibility index (Phi) is 39.5. The second-order valence-corrected chi connectivity index (χ2v) is 28.2. The third kappa shape index (κ3) is 32.4. The molecule has 4 aromatic rings. The Morgan fingerprint density at radius 3 is 1.67 bits per heavy atom. The number of carbonyl (C=O) groups excluding carboxylic acids is 14. The topological polar surface area (TPSA) is 406 Å². The lowest BCUT2D eigenvalue weighted by atomic mass is 9.77. The number of amides is 4. The van der Waals surface area contributed by atoms with Gasteiger partial charge in [-0.2, -0.15) is 0 Å². The highest BCUT2D eigenvalue weighted by Gasteiger charge is 2.37. The van der Waals surface area contributed by atoms with E-state index in [4.69, 9.17) is 26.7 Å². The molecule has 9 atom stereocenters. The first-order chi connectivity index (χ1) is 50.4. The number of aliphatic hydroxyl groups is 1. The first kappa shape index (κ1) is 88.8. The number of imidazole rings is 1. The Morgan fingerprint density at radius 1 is 0.557 bits per heavy atom. The molecule has 0 fully saturated rings. The number of aliphatic imine (C=N–C) groups is 1. The van der Waals surface area contributed by atoms with Crippen LogP contribution in [0.1, 0.15) is 173 Å². The van der Waals surface area contributed by atoms with Crippen molar-refractivity contribution in [1.82, 2.24) is 24.7 Å². The third-order valence-corrected chi connectivity index (χ3v) is 19.1. The minimum absolute atomic E-state index is 0.0137. The lowest BCUT2D eigenvalue weighted by Gasteiger charge is -2.33. The Hall–Kier alpha value is -9.56. The van der Waals surface area contributed by atoms with Gasteiger partial charge in [-0.25, -0.2) is 4.98 Å². The number of nitrogens with two attached hydrogens (primary N) is 3. The van der Waals surface area contributed by atoms with E-state index in [0.717, 1.165) is 5.56 Å². The van der Waals surface area contributed by atoms with Gasteiger partial charge in [-0.15, -0.1) is 0 Å². The van der Waals surface area contributed by atoms with E-state index in [1.165, 1.54) is 48.2 Å². The Balaban J connectivity index is 1.55. The number of hydrogen-bond donors (Lipinski definition) is 5. The molecule has 0 bridgehead atoms. The van der Waals surface area contributed by atoms with Crippen LogP contribution in [-0.4, -0.2) is 177 Å². The predicted molar refractivity (Wildman–Crippen MR) is 397 cm³/mol. The zero-order valence-corrected chi connectivity index (χ0v) is 62.9. The summed E-state index contributed by atoms with van der Waals surface area (Å²) >= 11 is 0. The summed E-state index contributed by atoms with van der Waals surface area (Å²) in [4.78, 5) is 210. The van der Waals surface area contributed by atoms with Gasteiger partial charge in [0.2, 0.25) is 23.6 Å². The van der Waals surface area contributed by atoms with Gasteiger partial charge in [0, 0.05) is 158 Å². The molecule has 8 N–H and O–H groups in total. The maximum Gasteiger partial charge on any atom is 0.309 e. The molecule has 4 amide bonds. The number of benzene rings is 3. The van der Waals surface area contributed by atoms with Gasteiger partial charge in [0.05, 0.1) is 51.2 Å². The van der Waals surface area contributed by atoms with Crippen molar-refractivity contribution in [2.75, 3.05) is 59.7 Å². The third-order valence-electron chi connectivity index (χ3n) is 19.1. The van der Waals surface area contributed by atoms with Crippen LogP contribution in [-0.2, 0) is 96.0 Å². The lowest BCUT2D eigenvalue weighted by Crippen LogP contribution is -2.48. The largest absolute Gasteiger partial charge is 0.466 e. The molecule has 0 saturated heterocycles. The van der Waals surface area contributed by atoms with Crippen LogP contribution < -0.4 is 17.2 Å². The number of aromatic amines is 1. The number of rotatable bonds is 55. The van der Waals surface area contributed by atoms with Crippen molar-refractivity contribution in [3.05, 3.63) is 126 Å². The summed E-state index contributed by atoms with van der Waals surface area (Å²) in [7, 11) is 1.46. The standard InChI is InChI=1S/C80H111N9O17/c1-9-106-79(104)54(5)35-67(92)28-29-69(94)63(37-57-20-13-10-14-21-57)43-75(100)64(38-66-45-84-51-86-66)44-72(97)60(26-19-31-85-80(82)83)41-74(99)62(34-52(2)3)42-73(98)61(27-30-76(81)101)40-70(95)53(4)36-71(96)65(50-90)39-68(93)47-89(55(6)59-24-17-12-18-25-59)78(103)49-88(46-58-22-15-11-16-23-58)77(102)48-87(56(7)91)32-33-105-8/h10-18,20-25,45,51-55,60-65,90H,9,19,26-44,46-50H2,1-8H3,(H2,81,101)(H,84,86)(H4,82,83,85). The Bertz CT molecular complexity index is 3560. The molecule has 0 saturated carbocycles. The van der Waals surface area contributed by atoms with Gasteiger partial charge in [-0.1, -0.05) is 119 Å². The molecule has 26 nitrogen and oxygen atoms in total. The van der Waals surface area contributed by atoms with Crippen LogP contribution in [0, 0.1) is 53.3 Å². The number of esters is 1. The van der Waals surface area contributed by atoms with Gasteiger partial charge in [0.15, 0.2) is 11.7 Å². The number of nitrogens with one attached hydrogen (secondary N) is 1. The molecule has 578 valence electrons. The monoisotopic (exact) mass is 1470 g/mol. The number of carbonyl (C=O) groups is 14. The summed E-state index contributed by atoms with van der Waals surface area (Å²) in [6.07, 6.45) is -0.239.